The number of urea groups is 1. The summed E-state index contributed by atoms with van der Waals surface area (Å²) in [5.41, 5.74) is -0.169. The number of benzene rings is 1. The molecule has 1 aromatic carbocycles. The Kier molecular flexibility index (Phi) is 7.57. The van der Waals surface area contributed by atoms with Gasteiger partial charge in [-0.05, 0) is 37.1 Å². The van der Waals surface area contributed by atoms with Crippen LogP contribution in [0.3, 0.4) is 0 Å². The van der Waals surface area contributed by atoms with Crippen LogP contribution in [0, 0.1) is 0 Å². The van der Waals surface area contributed by atoms with Gasteiger partial charge in [0, 0.05) is 64.6 Å². The average molecular weight is 492 g/mol. The molecule has 0 aliphatic carbocycles. The summed E-state index contributed by atoms with van der Waals surface area (Å²) in [5.74, 6) is 0.525. The highest BCUT2D eigenvalue weighted by Gasteiger charge is 2.32. The Morgan fingerprint density at radius 1 is 0.943 bits per heavy atom. The minimum atomic E-state index is -4.51. The molecule has 3 heterocycles. The minimum Gasteiger partial charge on any atom is -0.370 e. The zero-order valence-corrected chi connectivity index (χ0v) is 19.2. The highest BCUT2D eigenvalue weighted by Crippen LogP contribution is 2.36. The summed E-state index contributed by atoms with van der Waals surface area (Å²) >= 11 is 0. The molecule has 0 saturated carbocycles. The number of amides is 3. The lowest BCUT2D eigenvalue weighted by atomic mass is 10.1. The van der Waals surface area contributed by atoms with Gasteiger partial charge >= 0.3 is 12.2 Å². The van der Waals surface area contributed by atoms with Gasteiger partial charge in [-0.1, -0.05) is 0 Å². The molecule has 2 aliphatic heterocycles. The molecular weight excluding hydrogens is 463 g/mol. The number of hydrogen-bond acceptors (Lipinski definition) is 6. The molecule has 4 rings (SSSR count). The van der Waals surface area contributed by atoms with Gasteiger partial charge in [-0.3, -0.25) is 4.79 Å². The number of anilines is 3. The molecule has 0 unspecified atom stereocenters. The number of piperazine rings is 1. The van der Waals surface area contributed by atoms with Crippen molar-refractivity contribution in [3.8, 4) is 0 Å². The van der Waals surface area contributed by atoms with Crippen LogP contribution < -0.4 is 20.4 Å². The number of alkyl halides is 3. The van der Waals surface area contributed by atoms with E-state index in [4.69, 9.17) is 0 Å². The second-order valence-corrected chi connectivity index (χ2v) is 8.47. The van der Waals surface area contributed by atoms with E-state index in [0.717, 1.165) is 38.1 Å². The first-order valence-corrected chi connectivity index (χ1v) is 11.6. The van der Waals surface area contributed by atoms with Crippen molar-refractivity contribution in [2.75, 3.05) is 60.9 Å². The molecule has 2 fully saturated rings. The Balaban J connectivity index is 1.27. The molecule has 2 aliphatic rings. The molecule has 0 radical (unpaired) electrons. The molecule has 9 nitrogen and oxygen atoms in total. The topological polar surface area (TPSA) is 93.7 Å². The third-order valence-corrected chi connectivity index (χ3v) is 6.11. The molecule has 0 atom stereocenters. The number of nitrogens with zero attached hydrogens (tertiary/aromatic N) is 5. The lowest BCUT2D eigenvalue weighted by Gasteiger charge is -2.34. The van der Waals surface area contributed by atoms with Crippen LogP contribution >= 0.6 is 0 Å². The normalized spacial score (nSPS) is 16.4. The molecule has 35 heavy (non-hydrogen) atoms. The van der Waals surface area contributed by atoms with Gasteiger partial charge in [0.2, 0.25) is 11.9 Å². The summed E-state index contributed by atoms with van der Waals surface area (Å²) < 4.78 is 39.6. The third kappa shape index (κ3) is 6.31. The highest BCUT2D eigenvalue weighted by molar-refractivity contribution is 5.93. The molecule has 2 saturated heterocycles. The fraction of sp³-hybridized carbons (Fsp3) is 0.478. The second kappa shape index (κ2) is 10.8. The van der Waals surface area contributed by atoms with Gasteiger partial charge in [-0.15, -0.1) is 0 Å². The van der Waals surface area contributed by atoms with E-state index in [0.29, 0.717) is 37.8 Å². The van der Waals surface area contributed by atoms with E-state index in [1.54, 1.807) is 23.4 Å². The first-order valence-electron chi connectivity index (χ1n) is 11.6. The number of carbonyl (C=O) groups excluding carboxylic acids is 2. The quantitative estimate of drug-likeness (QED) is 0.646. The smallest absolute Gasteiger partial charge is 0.370 e. The SMILES string of the molecule is O=C(NCCC(=O)N1CCN(c2ncccn2)CC1)Nc1cc(C(F)(F)F)ccc1N1CCCC1. The van der Waals surface area contributed by atoms with Crippen molar-refractivity contribution in [3.05, 3.63) is 42.2 Å². The Morgan fingerprint density at radius 3 is 2.29 bits per heavy atom. The fourth-order valence-corrected chi connectivity index (χ4v) is 4.26. The van der Waals surface area contributed by atoms with Crippen molar-refractivity contribution in [1.29, 1.82) is 0 Å². The van der Waals surface area contributed by atoms with E-state index in [2.05, 4.69) is 20.6 Å². The first kappa shape index (κ1) is 24.6. The first-order chi connectivity index (χ1) is 16.8. The molecule has 2 N–H and O–H groups in total. The summed E-state index contributed by atoms with van der Waals surface area (Å²) in [7, 11) is 0. The molecule has 3 amide bonds. The van der Waals surface area contributed by atoms with Crippen LogP contribution in [0.1, 0.15) is 24.8 Å². The van der Waals surface area contributed by atoms with Crippen molar-refractivity contribution in [3.63, 3.8) is 0 Å². The van der Waals surface area contributed by atoms with Gasteiger partial charge < -0.3 is 25.3 Å². The van der Waals surface area contributed by atoms with Gasteiger partial charge in [0.15, 0.2) is 0 Å². The maximum absolute atomic E-state index is 13.2. The maximum atomic E-state index is 13.2. The van der Waals surface area contributed by atoms with E-state index in [1.807, 2.05) is 9.80 Å². The predicted octanol–water partition coefficient (Wildman–Crippen LogP) is 2.96. The maximum Gasteiger partial charge on any atom is 0.416 e. The second-order valence-electron chi connectivity index (χ2n) is 8.47. The zero-order chi connectivity index (χ0) is 24.8. The Hall–Kier alpha value is -3.57. The number of aromatic nitrogens is 2. The van der Waals surface area contributed by atoms with E-state index in [1.165, 1.54) is 6.07 Å². The monoisotopic (exact) mass is 491 g/mol. The summed E-state index contributed by atoms with van der Waals surface area (Å²) in [5, 5.41) is 5.12. The van der Waals surface area contributed by atoms with Crippen LogP contribution in [0.25, 0.3) is 0 Å². The van der Waals surface area contributed by atoms with Crippen molar-refractivity contribution < 1.29 is 22.8 Å². The number of hydrogen-bond donors (Lipinski definition) is 2. The van der Waals surface area contributed by atoms with E-state index >= 15 is 0 Å². The fourth-order valence-electron chi connectivity index (χ4n) is 4.26. The highest BCUT2D eigenvalue weighted by atomic mass is 19.4. The number of nitrogens with one attached hydrogen (secondary N) is 2. The van der Waals surface area contributed by atoms with Crippen molar-refractivity contribution in [1.82, 2.24) is 20.2 Å². The van der Waals surface area contributed by atoms with Gasteiger partial charge in [0.25, 0.3) is 0 Å². The van der Waals surface area contributed by atoms with E-state index in [9.17, 15) is 22.8 Å². The van der Waals surface area contributed by atoms with Crippen molar-refractivity contribution in [2.24, 2.45) is 0 Å². The number of halogens is 3. The standard InChI is InChI=1S/C23H28F3N7O2/c24-23(25,26)17-4-5-19(31-10-1-2-11-31)18(16-17)30-22(35)29-9-6-20(34)32-12-14-33(15-13-32)21-27-7-3-8-28-21/h3-5,7-8,16H,1-2,6,9-15H2,(H2,29,30,35). The minimum absolute atomic E-state index is 0.0741. The van der Waals surface area contributed by atoms with Crippen LogP contribution in [-0.2, 0) is 11.0 Å². The van der Waals surface area contributed by atoms with Gasteiger partial charge in [0.1, 0.15) is 0 Å². The van der Waals surface area contributed by atoms with Crippen molar-refractivity contribution >= 4 is 29.3 Å². The third-order valence-electron chi connectivity index (χ3n) is 6.11. The van der Waals surface area contributed by atoms with Crippen LogP contribution in [-0.4, -0.2) is 72.6 Å². The average Bonchev–Trinajstić information content (AvgIpc) is 3.39. The summed E-state index contributed by atoms with van der Waals surface area (Å²) in [4.78, 5) is 39.1. The van der Waals surface area contributed by atoms with Crippen LogP contribution in [0.4, 0.5) is 35.3 Å². The molecule has 12 heteroatoms. The lowest BCUT2D eigenvalue weighted by molar-refractivity contribution is -0.137. The summed E-state index contributed by atoms with van der Waals surface area (Å²) in [6, 6.07) is 4.47. The molecular formula is C23H28F3N7O2. The predicted molar refractivity (Wildman–Crippen MR) is 125 cm³/mol. The van der Waals surface area contributed by atoms with E-state index < -0.39 is 17.8 Å². The largest absolute Gasteiger partial charge is 0.416 e. The molecule has 0 spiro atoms. The van der Waals surface area contributed by atoms with E-state index in [-0.39, 0.29) is 24.6 Å². The van der Waals surface area contributed by atoms with Gasteiger partial charge in [0.05, 0.1) is 16.9 Å². The summed E-state index contributed by atoms with van der Waals surface area (Å²) in [6.07, 6.45) is 0.813. The van der Waals surface area contributed by atoms with Crippen LogP contribution in [0.15, 0.2) is 36.7 Å². The zero-order valence-electron chi connectivity index (χ0n) is 19.2. The summed E-state index contributed by atoms with van der Waals surface area (Å²) in [6.45, 7) is 3.78. The molecule has 0 bridgehead atoms. The Bertz CT molecular complexity index is 1020. The van der Waals surface area contributed by atoms with Crippen LogP contribution in [0.5, 0.6) is 0 Å². The molecule has 188 valence electrons. The Labute approximate surface area is 201 Å². The number of rotatable bonds is 6. The van der Waals surface area contributed by atoms with Gasteiger partial charge in [-0.25, -0.2) is 14.8 Å². The Morgan fingerprint density at radius 2 is 1.63 bits per heavy atom. The van der Waals surface area contributed by atoms with Crippen molar-refractivity contribution in [2.45, 2.75) is 25.4 Å². The molecule has 1 aromatic heterocycles. The van der Waals surface area contributed by atoms with Gasteiger partial charge in [-0.2, -0.15) is 13.2 Å². The lowest BCUT2D eigenvalue weighted by Crippen LogP contribution is -2.49. The number of carbonyl (C=O) groups is 2. The van der Waals surface area contributed by atoms with Crippen LogP contribution in [0.2, 0.25) is 0 Å². The molecule has 2 aromatic rings.